The molecule has 0 spiro atoms. The van der Waals surface area contributed by atoms with Gasteiger partial charge in [-0.2, -0.15) is 0 Å². The third kappa shape index (κ3) is 2.31. The molecular weight excluding hydrogens is 228 g/mol. The summed E-state index contributed by atoms with van der Waals surface area (Å²) in [5, 5.41) is 0.137. The molecule has 0 fully saturated rings. The standard InChI is InChI=1S/C8H7ClO4S/c1-13-8(10)5-2-3-6(9)7(4-5)14(11)12/h2-4H,1H3,(H,11,12). The van der Waals surface area contributed by atoms with Crippen molar-refractivity contribution in [2.45, 2.75) is 4.90 Å². The second-order valence-electron chi connectivity index (χ2n) is 2.39. The average Bonchev–Trinajstić information content (AvgIpc) is 2.17. The Morgan fingerprint density at radius 1 is 1.57 bits per heavy atom. The van der Waals surface area contributed by atoms with Gasteiger partial charge in [0.15, 0.2) is 11.1 Å². The molecule has 0 heterocycles. The zero-order chi connectivity index (χ0) is 10.7. The van der Waals surface area contributed by atoms with Crippen molar-refractivity contribution in [2.24, 2.45) is 0 Å². The average molecular weight is 235 g/mol. The molecule has 0 bridgehead atoms. The van der Waals surface area contributed by atoms with Crippen molar-refractivity contribution in [3.8, 4) is 0 Å². The Balaban J connectivity index is 3.19. The number of carbonyl (C=O) groups excluding carboxylic acids is 1. The van der Waals surface area contributed by atoms with Crippen molar-refractivity contribution >= 4 is 28.7 Å². The quantitative estimate of drug-likeness (QED) is 0.625. The fraction of sp³-hybridized carbons (Fsp3) is 0.125. The lowest BCUT2D eigenvalue weighted by Crippen LogP contribution is -2.02. The van der Waals surface area contributed by atoms with E-state index in [-0.39, 0.29) is 15.5 Å². The van der Waals surface area contributed by atoms with Gasteiger partial charge in [-0.25, -0.2) is 9.00 Å². The van der Waals surface area contributed by atoms with Crippen LogP contribution in [0.25, 0.3) is 0 Å². The molecule has 76 valence electrons. The lowest BCUT2D eigenvalue weighted by molar-refractivity contribution is 0.0600. The van der Waals surface area contributed by atoms with E-state index < -0.39 is 17.0 Å². The number of rotatable bonds is 2. The third-order valence-corrected chi connectivity index (χ3v) is 2.70. The van der Waals surface area contributed by atoms with Crippen LogP contribution in [0.3, 0.4) is 0 Å². The molecule has 0 radical (unpaired) electrons. The van der Waals surface area contributed by atoms with Gasteiger partial charge in [0.05, 0.1) is 22.6 Å². The maximum absolute atomic E-state index is 11.1. The molecule has 14 heavy (non-hydrogen) atoms. The molecule has 1 unspecified atom stereocenters. The van der Waals surface area contributed by atoms with Crippen LogP contribution in [0.1, 0.15) is 10.4 Å². The van der Waals surface area contributed by atoms with Gasteiger partial charge >= 0.3 is 5.97 Å². The first kappa shape index (κ1) is 11.2. The SMILES string of the molecule is COC(=O)c1ccc(Cl)c(S(=O)O)c1. The fourth-order valence-corrected chi connectivity index (χ4v) is 1.66. The van der Waals surface area contributed by atoms with Crippen LogP contribution in [-0.2, 0) is 15.8 Å². The summed E-state index contributed by atoms with van der Waals surface area (Å²) >= 11 is 3.42. The van der Waals surface area contributed by atoms with Crippen LogP contribution in [0.5, 0.6) is 0 Å². The van der Waals surface area contributed by atoms with E-state index in [1.54, 1.807) is 0 Å². The minimum absolute atomic E-state index is 0.00503. The van der Waals surface area contributed by atoms with Gasteiger partial charge in [-0.05, 0) is 18.2 Å². The maximum atomic E-state index is 11.1. The van der Waals surface area contributed by atoms with E-state index in [0.29, 0.717) is 0 Å². The van der Waals surface area contributed by atoms with Crippen molar-refractivity contribution in [1.29, 1.82) is 0 Å². The van der Waals surface area contributed by atoms with Crippen LogP contribution in [0, 0.1) is 0 Å². The highest BCUT2D eigenvalue weighted by Crippen LogP contribution is 2.20. The Morgan fingerprint density at radius 2 is 2.21 bits per heavy atom. The highest BCUT2D eigenvalue weighted by Gasteiger charge is 2.11. The third-order valence-electron chi connectivity index (χ3n) is 1.54. The second kappa shape index (κ2) is 4.54. The maximum Gasteiger partial charge on any atom is 0.337 e. The van der Waals surface area contributed by atoms with Crippen molar-refractivity contribution in [3.63, 3.8) is 0 Å². The Labute approximate surface area is 88.1 Å². The summed E-state index contributed by atoms with van der Waals surface area (Å²) in [4.78, 5) is 11.0. The number of halogens is 1. The van der Waals surface area contributed by atoms with Gasteiger partial charge < -0.3 is 9.29 Å². The Kier molecular flexibility index (Phi) is 3.62. The Hall–Kier alpha value is -0.910. The first-order chi connectivity index (χ1) is 6.56. The van der Waals surface area contributed by atoms with E-state index >= 15 is 0 Å². The minimum Gasteiger partial charge on any atom is -0.465 e. The van der Waals surface area contributed by atoms with E-state index in [2.05, 4.69) is 4.74 Å². The molecular formula is C8H7ClO4S. The van der Waals surface area contributed by atoms with Gasteiger partial charge in [0.1, 0.15) is 0 Å². The lowest BCUT2D eigenvalue weighted by Gasteiger charge is -2.02. The molecule has 0 aliphatic carbocycles. The molecule has 1 N–H and O–H groups in total. The van der Waals surface area contributed by atoms with Crippen molar-refractivity contribution in [3.05, 3.63) is 28.8 Å². The molecule has 1 rings (SSSR count). The van der Waals surface area contributed by atoms with Gasteiger partial charge in [0, 0.05) is 0 Å². The van der Waals surface area contributed by atoms with E-state index in [1.807, 2.05) is 0 Å². The first-order valence-electron chi connectivity index (χ1n) is 3.55. The predicted molar refractivity (Wildman–Crippen MR) is 51.8 cm³/mol. The van der Waals surface area contributed by atoms with Crippen LogP contribution in [0.2, 0.25) is 5.02 Å². The van der Waals surface area contributed by atoms with Crippen LogP contribution in [-0.4, -0.2) is 21.8 Å². The predicted octanol–water partition coefficient (Wildman–Crippen LogP) is 1.71. The number of hydrogen-bond acceptors (Lipinski definition) is 3. The van der Waals surface area contributed by atoms with Crippen molar-refractivity contribution in [2.75, 3.05) is 7.11 Å². The molecule has 0 aromatic heterocycles. The monoisotopic (exact) mass is 234 g/mol. The van der Waals surface area contributed by atoms with Crippen LogP contribution in [0.15, 0.2) is 23.1 Å². The molecule has 0 aliphatic heterocycles. The summed E-state index contributed by atoms with van der Waals surface area (Å²) in [5.41, 5.74) is 0.189. The van der Waals surface area contributed by atoms with Gasteiger partial charge in [0.25, 0.3) is 0 Å². The second-order valence-corrected chi connectivity index (χ2v) is 3.73. The summed E-state index contributed by atoms with van der Waals surface area (Å²) in [6.45, 7) is 0. The summed E-state index contributed by atoms with van der Waals surface area (Å²) in [6, 6.07) is 4.02. The largest absolute Gasteiger partial charge is 0.465 e. The number of carbonyl (C=O) groups is 1. The molecule has 4 nitrogen and oxygen atoms in total. The lowest BCUT2D eigenvalue weighted by atomic mass is 10.2. The van der Waals surface area contributed by atoms with Crippen LogP contribution < -0.4 is 0 Å². The van der Waals surface area contributed by atoms with Crippen molar-refractivity contribution < 1.29 is 18.3 Å². The summed E-state index contributed by atoms with van der Waals surface area (Å²) in [6.07, 6.45) is 0. The molecule has 6 heteroatoms. The van der Waals surface area contributed by atoms with Crippen LogP contribution >= 0.6 is 11.6 Å². The molecule has 1 aromatic carbocycles. The smallest absolute Gasteiger partial charge is 0.337 e. The molecule has 1 atom stereocenters. The topological polar surface area (TPSA) is 63.6 Å². The van der Waals surface area contributed by atoms with Crippen LogP contribution in [0.4, 0.5) is 0 Å². The van der Waals surface area contributed by atoms with Crippen molar-refractivity contribution in [1.82, 2.24) is 0 Å². The normalized spacial score (nSPS) is 12.2. The molecule has 0 saturated carbocycles. The number of methoxy groups -OCH3 is 1. The van der Waals surface area contributed by atoms with Gasteiger partial charge in [0.2, 0.25) is 0 Å². The Bertz CT molecular complexity index is 391. The minimum atomic E-state index is -2.21. The molecule has 0 aliphatic rings. The molecule has 0 saturated heterocycles. The van der Waals surface area contributed by atoms with E-state index in [1.165, 1.54) is 25.3 Å². The van der Waals surface area contributed by atoms with E-state index in [9.17, 15) is 9.00 Å². The molecule has 0 amide bonds. The molecule has 1 aromatic rings. The number of esters is 1. The zero-order valence-electron chi connectivity index (χ0n) is 7.19. The van der Waals surface area contributed by atoms with Gasteiger partial charge in [-0.3, -0.25) is 0 Å². The van der Waals surface area contributed by atoms with E-state index in [4.69, 9.17) is 16.2 Å². The number of hydrogen-bond donors (Lipinski definition) is 1. The fourth-order valence-electron chi connectivity index (χ4n) is 0.882. The Morgan fingerprint density at radius 3 is 2.71 bits per heavy atom. The van der Waals surface area contributed by atoms with Gasteiger partial charge in [-0.15, -0.1) is 0 Å². The summed E-state index contributed by atoms with van der Waals surface area (Å²) in [5.74, 6) is -0.576. The summed E-state index contributed by atoms with van der Waals surface area (Å²) in [7, 11) is 1.23. The number of benzene rings is 1. The zero-order valence-corrected chi connectivity index (χ0v) is 8.76. The summed E-state index contributed by atoms with van der Waals surface area (Å²) < 4.78 is 24.0. The highest BCUT2D eigenvalue weighted by molar-refractivity contribution is 7.79. The number of ether oxygens (including phenoxy) is 1. The van der Waals surface area contributed by atoms with Gasteiger partial charge in [-0.1, -0.05) is 11.6 Å². The van der Waals surface area contributed by atoms with E-state index in [0.717, 1.165) is 0 Å². The highest BCUT2D eigenvalue weighted by atomic mass is 35.5. The first-order valence-corrected chi connectivity index (χ1v) is 5.03.